The molecule has 3 fully saturated rings. The van der Waals surface area contributed by atoms with Crippen LogP contribution in [0.15, 0.2) is 30.3 Å². The van der Waals surface area contributed by atoms with Crippen molar-refractivity contribution in [1.82, 2.24) is 9.80 Å². The number of ether oxygens (including phenoxy) is 2. The van der Waals surface area contributed by atoms with Gasteiger partial charge in [0.2, 0.25) is 0 Å². The highest BCUT2D eigenvalue weighted by Gasteiger charge is 2.51. The highest BCUT2D eigenvalue weighted by atomic mass is 16.5. The van der Waals surface area contributed by atoms with Gasteiger partial charge in [0.05, 0.1) is 26.4 Å². The Morgan fingerprint density at radius 3 is 2.68 bits per heavy atom. The Bertz CT molecular complexity index is 489. The van der Waals surface area contributed by atoms with Gasteiger partial charge in [0.15, 0.2) is 0 Å². The maximum atomic E-state index is 5.87. The topological polar surface area (TPSA) is 24.9 Å². The second-order valence-electron chi connectivity index (χ2n) is 7.12. The van der Waals surface area contributed by atoms with E-state index >= 15 is 0 Å². The third-order valence-electron chi connectivity index (χ3n) is 5.48. The van der Waals surface area contributed by atoms with Gasteiger partial charge in [-0.1, -0.05) is 30.3 Å². The van der Waals surface area contributed by atoms with Gasteiger partial charge < -0.3 is 9.47 Å². The van der Waals surface area contributed by atoms with Gasteiger partial charge in [-0.2, -0.15) is 0 Å². The fourth-order valence-electron chi connectivity index (χ4n) is 4.33. The summed E-state index contributed by atoms with van der Waals surface area (Å²) in [7, 11) is 0. The highest BCUT2D eigenvalue weighted by molar-refractivity contribution is 5.15. The molecule has 3 saturated heterocycles. The molecular weight excluding hydrogens is 276 g/mol. The van der Waals surface area contributed by atoms with Crippen LogP contribution in [-0.4, -0.2) is 69.0 Å². The molecule has 0 saturated carbocycles. The van der Waals surface area contributed by atoms with Gasteiger partial charge >= 0.3 is 0 Å². The van der Waals surface area contributed by atoms with Crippen LogP contribution in [0.25, 0.3) is 0 Å². The van der Waals surface area contributed by atoms with E-state index < -0.39 is 0 Å². The average Bonchev–Trinajstić information content (AvgIpc) is 3.05. The molecular formula is C18H26N2O2. The summed E-state index contributed by atoms with van der Waals surface area (Å²) in [4.78, 5) is 5.21. The number of hydrogen-bond acceptors (Lipinski definition) is 4. The molecule has 1 aromatic rings. The van der Waals surface area contributed by atoms with E-state index in [9.17, 15) is 0 Å². The van der Waals surface area contributed by atoms with E-state index in [1.54, 1.807) is 0 Å². The third-order valence-corrected chi connectivity index (χ3v) is 5.48. The van der Waals surface area contributed by atoms with Crippen molar-refractivity contribution in [2.45, 2.75) is 6.54 Å². The summed E-state index contributed by atoms with van der Waals surface area (Å²) in [6, 6.07) is 10.8. The summed E-state index contributed by atoms with van der Waals surface area (Å²) in [6.07, 6.45) is 0. The predicted octanol–water partition coefficient (Wildman–Crippen LogP) is 1.47. The molecule has 0 spiro atoms. The lowest BCUT2D eigenvalue weighted by molar-refractivity contribution is 0.0102. The number of fused-ring (bicyclic) bond motifs is 1. The fourth-order valence-corrected chi connectivity index (χ4v) is 4.33. The number of benzene rings is 1. The van der Waals surface area contributed by atoms with E-state index in [1.807, 2.05) is 0 Å². The van der Waals surface area contributed by atoms with Gasteiger partial charge in [0.25, 0.3) is 0 Å². The lowest BCUT2D eigenvalue weighted by atomic mass is 9.80. The van der Waals surface area contributed by atoms with Crippen molar-refractivity contribution >= 4 is 0 Å². The third kappa shape index (κ3) is 2.93. The number of morpholine rings is 1. The van der Waals surface area contributed by atoms with Gasteiger partial charge in [-0.25, -0.2) is 0 Å². The molecule has 2 atom stereocenters. The van der Waals surface area contributed by atoms with Crippen LogP contribution in [0.2, 0.25) is 0 Å². The molecule has 0 amide bonds. The molecule has 0 aliphatic carbocycles. The first-order chi connectivity index (χ1) is 10.8. The lowest BCUT2D eigenvalue weighted by Gasteiger charge is -2.36. The second kappa shape index (κ2) is 6.28. The Kier molecular flexibility index (Phi) is 4.18. The van der Waals surface area contributed by atoms with Gasteiger partial charge in [-0.3, -0.25) is 9.80 Å². The minimum absolute atomic E-state index is 0.339. The van der Waals surface area contributed by atoms with Crippen molar-refractivity contribution in [3.05, 3.63) is 35.9 Å². The number of hydrogen-bond donors (Lipinski definition) is 0. The zero-order valence-corrected chi connectivity index (χ0v) is 13.2. The molecule has 3 aliphatic rings. The fraction of sp³-hybridized carbons (Fsp3) is 0.667. The monoisotopic (exact) mass is 302 g/mol. The Morgan fingerprint density at radius 2 is 1.86 bits per heavy atom. The first-order valence-electron chi connectivity index (χ1n) is 8.48. The van der Waals surface area contributed by atoms with Crippen LogP contribution in [-0.2, 0) is 16.0 Å². The maximum absolute atomic E-state index is 5.87. The molecule has 3 aliphatic heterocycles. The molecule has 22 heavy (non-hydrogen) atoms. The molecule has 4 nitrogen and oxygen atoms in total. The van der Waals surface area contributed by atoms with E-state index in [4.69, 9.17) is 9.47 Å². The molecule has 0 bridgehead atoms. The van der Waals surface area contributed by atoms with Gasteiger partial charge in [0.1, 0.15) is 0 Å². The van der Waals surface area contributed by atoms with Crippen LogP contribution in [0.4, 0.5) is 0 Å². The van der Waals surface area contributed by atoms with Crippen LogP contribution in [0.3, 0.4) is 0 Å². The zero-order chi connectivity index (χ0) is 14.8. The quantitative estimate of drug-likeness (QED) is 0.841. The van der Waals surface area contributed by atoms with Crippen molar-refractivity contribution in [3.8, 4) is 0 Å². The predicted molar refractivity (Wildman–Crippen MR) is 85.7 cm³/mol. The van der Waals surface area contributed by atoms with Crippen molar-refractivity contribution in [1.29, 1.82) is 0 Å². The zero-order valence-electron chi connectivity index (χ0n) is 13.2. The standard InChI is InChI=1S/C18H26N2O2/c1-2-4-16(5-3-1)10-20-11-17-12-22-15-18(17,14-20)13-19-6-8-21-9-7-19/h1-5,17H,6-15H2/t17-,18+/m1/s1. The Labute approximate surface area is 133 Å². The molecule has 4 heteroatoms. The normalized spacial score (nSPS) is 33.2. The summed E-state index contributed by atoms with van der Waals surface area (Å²) in [5.41, 5.74) is 1.76. The Hall–Kier alpha value is -0.940. The average molecular weight is 302 g/mol. The van der Waals surface area contributed by atoms with E-state index in [0.29, 0.717) is 11.3 Å². The van der Waals surface area contributed by atoms with Crippen molar-refractivity contribution in [3.63, 3.8) is 0 Å². The van der Waals surface area contributed by atoms with Gasteiger partial charge in [0, 0.05) is 50.6 Å². The minimum atomic E-state index is 0.339. The molecule has 1 aromatic carbocycles. The summed E-state index contributed by atoms with van der Waals surface area (Å²) in [5.74, 6) is 0.694. The largest absolute Gasteiger partial charge is 0.380 e. The first-order valence-corrected chi connectivity index (χ1v) is 8.48. The van der Waals surface area contributed by atoms with Crippen LogP contribution in [0.1, 0.15) is 5.56 Å². The maximum Gasteiger partial charge on any atom is 0.0594 e. The summed E-state index contributed by atoms with van der Waals surface area (Å²) in [5, 5.41) is 0. The van der Waals surface area contributed by atoms with Gasteiger partial charge in [-0.05, 0) is 5.56 Å². The number of likely N-dealkylation sites (tertiary alicyclic amines) is 1. The summed E-state index contributed by atoms with van der Waals surface area (Å²) < 4.78 is 11.4. The van der Waals surface area contributed by atoms with Crippen LogP contribution in [0.5, 0.6) is 0 Å². The molecule has 0 N–H and O–H groups in total. The molecule has 0 radical (unpaired) electrons. The Balaban J connectivity index is 1.42. The van der Waals surface area contributed by atoms with Gasteiger partial charge in [-0.15, -0.1) is 0 Å². The molecule has 120 valence electrons. The lowest BCUT2D eigenvalue weighted by Crippen LogP contribution is -2.47. The smallest absolute Gasteiger partial charge is 0.0594 e. The van der Waals surface area contributed by atoms with Crippen molar-refractivity contribution < 1.29 is 9.47 Å². The van der Waals surface area contributed by atoms with Crippen molar-refractivity contribution in [2.75, 3.05) is 59.2 Å². The molecule has 3 heterocycles. The summed E-state index contributed by atoms with van der Waals surface area (Å²) >= 11 is 0. The Morgan fingerprint density at radius 1 is 1.05 bits per heavy atom. The van der Waals surface area contributed by atoms with E-state index in [0.717, 1.165) is 46.1 Å². The minimum Gasteiger partial charge on any atom is -0.380 e. The molecule has 0 unspecified atom stereocenters. The van der Waals surface area contributed by atoms with Crippen LogP contribution < -0.4 is 0 Å². The SMILES string of the molecule is c1ccc(CN2C[C@@H]3COC[C@]3(CN3CCOCC3)C2)cc1. The number of nitrogens with zero attached hydrogens (tertiary/aromatic N) is 2. The van der Waals surface area contributed by atoms with Crippen LogP contribution in [0, 0.1) is 11.3 Å². The van der Waals surface area contributed by atoms with E-state index in [2.05, 4.69) is 40.1 Å². The summed E-state index contributed by atoms with van der Waals surface area (Å²) in [6.45, 7) is 10.4. The second-order valence-corrected chi connectivity index (χ2v) is 7.12. The number of rotatable bonds is 4. The molecule has 4 rings (SSSR count). The van der Waals surface area contributed by atoms with Crippen LogP contribution >= 0.6 is 0 Å². The van der Waals surface area contributed by atoms with Crippen molar-refractivity contribution in [2.24, 2.45) is 11.3 Å². The van der Waals surface area contributed by atoms with E-state index in [-0.39, 0.29) is 0 Å². The molecule has 0 aromatic heterocycles. The first kappa shape index (κ1) is 14.6. The highest BCUT2D eigenvalue weighted by Crippen LogP contribution is 2.42. The van der Waals surface area contributed by atoms with E-state index in [1.165, 1.54) is 25.2 Å².